The van der Waals surface area contributed by atoms with Crippen molar-refractivity contribution in [1.29, 1.82) is 0 Å². The van der Waals surface area contributed by atoms with Crippen LogP contribution in [0.4, 0.5) is 0 Å². The highest BCUT2D eigenvalue weighted by molar-refractivity contribution is 7.88. The maximum absolute atomic E-state index is 12.0. The lowest BCUT2D eigenvalue weighted by Gasteiger charge is -2.22. The number of nitrogens with zero attached hydrogens (tertiary/aromatic N) is 2. The number of carboxylic acids is 1. The van der Waals surface area contributed by atoms with E-state index in [9.17, 15) is 18.0 Å². The smallest absolute Gasteiger partial charge is 0.354 e. The molecule has 1 saturated heterocycles. The summed E-state index contributed by atoms with van der Waals surface area (Å²) in [6.07, 6.45) is 3.84. The summed E-state index contributed by atoms with van der Waals surface area (Å²) in [5, 5.41) is 11.5. The van der Waals surface area contributed by atoms with E-state index in [0.29, 0.717) is 13.0 Å². The van der Waals surface area contributed by atoms with Crippen molar-refractivity contribution in [2.75, 3.05) is 19.3 Å². The molecule has 1 atom stereocenters. The summed E-state index contributed by atoms with van der Waals surface area (Å²) in [6, 6.07) is 2.32. The minimum atomic E-state index is -3.29. The minimum Gasteiger partial charge on any atom is -0.477 e. The predicted molar refractivity (Wildman–Crippen MR) is 78.1 cm³/mol. The van der Waals surface area contributed by atoms with Crippen molar-refractivity contribution in [1.82, 2.24) is 14.6 Å². The van der Waals surface area contributed by atoms with Gasteiger partial charge in [0, 0.05) is 30.9 Å². The molecule has 22 heavy (non-hydrogen) atoms. The normalized spacial score (nSPS) is 19.0. The molecule has 0 bridgehead atoms. The van der Waals surface area contributed by atoms with Gasteiger partial charge in [-0.25, -0.2) is 18.2 Å². The highest BCUT2D eigenvalue weighted by Gasteiger charge is 2.31. The van der Waals surface area contributed by atoms with Gasteiger partial charge in [-0.05, 0) is 25.0 Å². The first-order valence-electron chi connectivity index (χ1n) is 6.73. The first-order valence-corrected chi connectivity index (χ1v) is 8.58. The summed E-state index contributed by atoms with van der Waals surface area (Å²) in [5.41, 5.74) is -0.0393. The fourth-order valence-electron chi connectivity index (χ4n) is 2.45. The molecular formula is C13H17N3O5S. The van der Waals surface area contributed by atoms with Gasteiger partial charge < -0.3 is 10.4 Å². The number of amides is 1. The van der Waals surface area contributed by atoms with Crippen LogP contribution in [0.3, 0.4) is 0 Å². The highest BCUT2D eigenvalue weighted by Crippen LogP contribution is 2.19. The van der Waals surface area contributed by atoms with Crippen molar-refractivity contribution in [2.45, 2.75) is 18.9 Å². The second kappa shape index (κ2) is 6.41. The van der Waals surface area contributed by atoms with Crippen LogP contribution >= 0.6 is 0 Å². The van der Waals surface area contributed by atoms with E-state index in [1.165, 1.54) is 22.6 Å². The SMILES string of the molecule is CS(=O)(=O)N1CCC[C@@H]1CNC(=O)c1ccnc(C(=O)O)c1. The van der Waals surface area contributed by atoms with Crippen molar-refractivity contribution in [2.24, 2.45) is 0 Å². The van der Waals surface area contributed by atoms with Crippen molar-refractivity contribution in [3.05, 3.63) is 29.6 Å². The van der Waals surface area contributed by atoms with Crippen LogP contribution in [0.15, 0.2) is 18.3 Å². The van der Waals surface area contributed by atoms with Crippen molar-refractivity contribution >= 4 is 21.9 Å². The summed E-state index contributed by atoms with van der Waals surface area (Å²) in [4.78, 5) is 26.5. The van der Waals surface area contributed by atoms with Crippen molar-refractivity contribution < 1.29 is 23.1 Å². The molecule has 1 aliphatic heterocycles. The van der Waals surface area contributed by atoms with Crippen LogP contribution in [0, 0.1) is 0 Å². The summed E-state index contributed by atoms with van der Waals surface area (Å²) in [5.74, 6) is -1.67. The van der Waals surface area contributed by atoms with Gasteiger partial charge in [-0.3, -0.25) is 4.79 Å². The third kappa shape index (κ3) is 3.80. The highest BCUT2D eigenvalue weighted by atomic mass is 32.2. The maximum Gasteiger partial charge on any atom is 0.354 e. The minimum absolute atomic E-state index is 0.177. The topological polar surface area (TPSA) is 117 Å². The number of aromatic nitrogens is 1. The number of rotatable bonds is 5. The van der Waals surface area contributed by atoms with E-state index < -0.39 is 21.9 Å². The van der Waals surface area contributed by atoms with Crippen LogP contribution in [0.1, 0.15) is 33.7 Å². The Labute approximate surface area is 128 Å². The number of sulfonamides is 1. The first-order chi connectivity index (χ1) is 10.3. The summed E-state index contributed by atoms with van der Waals surface area (Å²) in [7, 11) is -3.29. The lowest BCUT2D eigenvalue weighted by atomic mass is 10.2. The number of carbonyl (C=O) groups is 2. The molecule has 1 aromatic rings. The Balaban J connectivity index is 2.01. The van der Waals surface area contributed by atoms with Gasteiger partial charge in [-0.15, -0.1) is 0 Å². The Morgan fingerprint density at radius 3 is 2.86 bits per heavy atom. The van der Waals surface area contributed by atoms with Crippen LogP contribution in [-0.2, 0) is 10.0 Å². The van der Waals surface area contributed by atoms with Crippen LogP contribution in [-0.4, -0.2) is 60.1 Å². The van der Waals surface area contributed by atoms with E-state index >= 15 is 0 Å². The van der Waals surface area contributed by atoms with E-state index in [2.05, 4.69) is 10.3 Å². The molecular weight excluding hydrogens is 310 g/mol. The van der Waals surface area contributed by atoms with E-state index in [0.717, 1.165) is 12.7 Å². The van der Waals surface area contributed by atoms with E-state index in [4.69, 9.17) is 5.11 Å². The second-order valence-corrected chi connectivity index (χ2v) is 7.05. The van der Waals surface area contributed by atoms with E-state index in [1.54, 1.807) is 0 Å². The number of carboxylic acid groups (broad SMARTS) is 1. The third-order valence-electron chi connectivity index (χ3n) is 3.49. The molecule has 0 aromatic carbocycles. The number of hydrogen-bond donors (Lipinski definition) is 2. The number of carbonyl (C=O) groups excluding carboxylic acids is 1. The van der Waals surface area contributed by atoms with Crippen LogP contribution in [0.5, 0.6) is 0 Å². The van der Waals surface area contributed by atoms with Gasteiger partial charge in [0.15, 0.2) is 0 Å². The molecule has 0 radical (unpaired) electrons. The van der Waals surface area contributed by atoms with Gasteiger partial charge >= 0.3 is 5.97 Å². The van der Waals surface area contributed by atoms with Gasteiger partial charge in [0.25, 0.3) is 5.91 Å². The number of aromatic carboxylic acids is 1. The molecule has 2 heterocycles. The van der Waals surface area contributed by atoms with Gasteiger partial charge in [0.2, 0.25) is 10.0 Å². The maximum atomic E-state index is 12.0. The van der Waals surface area contributed by atoms with Gasteiger partial charge in [0.05, 0.1) is 6.26 Å². The Bertz CT molecular complexity index is 689. The monoisotopic (exact) mass is 327 g/mol. The molecule has 1 fully saturated rings. The van der Waals surface area contributed by atoms with Crippen molar-refractivity contribution in [3.63, 3.8) is 0 Å². The molecule has 0 aliphatic carbocycles. The Kier molecular flexibility index (Phi) is 4.77. The predicted octanol–water partition coefficient (Wildman–Crippen LogP) is -0.0664. The number of pyridine rings is 1. The van der Waals surface area contributed by atoms with Gasteiger partial charge in [-0.2, -0.15) is 4.31 Å². The molecule has 0 saturated carbocycles. The zero-order valence-corrected chi connectivity index (χ0v) is 12.8. The molecule has 8 nitrogen and oxygen atoms in total. The molecule has 1 aliphatic rings. The van der Waals surface area contributed by atoms with Gasteiger partial charge in [-0.1, -0.05) is 0 Å². The average Bonchev–Trinajstić information content (AvgIpc) is 2.93. The Morgan fingerprint density at radius 2 is 2.23 bits per heavy atom. The molecule has 2 N–H and O–H groups in total. The third-order valence-corrected chi connectivity index (χ3v) is 4.82. The van der Waals surface area contributed by atoms with E-state index in [-0.39, 0.29) is 23.8 Å². The molecule has 120 valence electrons. The van der Waals surface area contributed by atoms with Crippen molar-refractivity contribution in [3.8, 4) is 0 Å². The van der Waals surface area contributed by atoms with Gasteiger partial charge in [0.1, 0.15) is 5.69 Å². The summed E-state index contributed by atoms with van der Waals surface area (Å²) < 4.78 is 24.6. The first kappa shape index (κ1) is 16.4. The quantitative estimate of drug-likeness (QED) is 0.782. The molecule has 9 heteroatoms. The molecule has 0 spiro atoms. The zero-order valence-electron chi connectivity index (χ0n) is 12.0. The second-order valence-electron chi connectivity index (χ2n) is 5.11. The fourth-order valence-corrected chi connectivity index (χ4v) is 3.63. The zero-order chi connectivity index (χ0) is 16.3. The van der Waals surface area contributed by atoms with Crippen LogP contribution in [0.2, 0.25) is 0 Å². The molecule has 1 aromatic heterocycles. The standard InChI is InChI=1S/C13H17N3O5S/c1-22(20,21)16-6-2-3-10(16)8-15-12(17)9-4-5-14-11(7-9)13(18)19/h4-5,7,10H,2-3,6,8H2,1H3,(H,15,17)(H,18,19)/t10-/m1/s1. The summed E-state index contributed by atoms with van der Waals surface area (Å²) in [6.45, 7) is 0.647. The molecule has 2 rings (SSSR count). The molecule has 0 unspecified atom stereocenters. The van der Waals surface area contributed by atoms with Crippen LogP contribution < -0.4 is 5.32 Å². The average molecular weight is 327 g/mol. The Hall–Kier alpha value is -2.00. The lowest BCUT2D eigenvalue weighted by Crippen LogP contribution is -2.42. The fraction of sp³-hybridized carbons (Fsp3) is 0.462. The number of nitrogens with one attached hydrogen (secondary N) is 1. The van der Waals surface area contributed by atoms with Crippen LogP contribution in [0.25, 0.3) is 0 Å². The largest absolute Gasteiger partial charge is 0.477 e. The summed E-state index contributed by atoms with van der Waals surface area (Å²) >= 11 is 0. The van der Waals surface area contributed by atoms with E-state index in [1.807, 2.05) is 0 Å². The molecule has 1 amide bonds. The number of hydrogen-bond acceptors (Lipinski definition) is 5. The lowest BCUT2D eigenvalue weighted by molar-refractivity contribution is 0.0690. The Morgan fingerprint density at radius 1 is 1.50 bits per heavy atom.